The van der Waals surface area contributed by atoms with Crippen LogP contribution in [0.25, 0.3) is 17.1 Å². The maximum absolute atomic E-state index is 10.2. The zero-order chi connectivity index (χ0) is 19.5. The first-order valence-electron chi connectivity index (χ1n) is 8.84. The van der Waals surface area contributed by atoms with Crippen molar-refractivity contribution < 1.29 is 20.1 Å². The van der Waals surface area contributed by atoms with E-state index in [4.69, 9.17) is 4.74 Å². The average molecular weight is 400 g/mol. The van der Waals surface area contributed by atoms with Crippen molar-refractivity contribution >= 4 is 28.9 Å². The minimum Gasteiger partial charge on any atom is -0.394 e. The Morgan fingerprint density at radius 3 is 2.71 bits per heavy atom. The predicted octanol–water partition coefficient (Wildman–Crippen LogP) is 1.24. The summed E-state index contributed by atoms with van der Waals surface area (Å²) in [5, 5.41) is 35.2. The third-order valence-corrected chi connectivity index (χ3v) is 5.50. The predicted molar refractivity (Wildman–Crippen MR) is 105 cm³/mol. The fourth-order valence-corrected chi connectivity index (χ4v) is 3.87. The number of ether oxygens (including phenoxy) is 1. The highest BCUT2D eigenvalue weighted by Gasteiger charge is 2.44. The molecule has 28 heavy (non-hydrogen) atoms. The number of benzene rings is 1. The molecule has 0 aliphatic carbocycles. The van der Waals surface area contributed by atoms with Crippen LogP contribution in [0.4, 0.5) is 0 Å². The van der Waals surface area contributed by atoms with Crippen LogP contribution in [0.3, 0.4) is 0 Å². The van der Waals surface area contributed by atoms with Gasteiger partial charge in [-0.2, -0.15) is 5.10 Å². The molecule has 1 unspecified atom stereocenters. The largest absolute Gasteiger partial charge is 0.394 e. The van der Waals surface area contributed by atoms with Crippen LogP contribution in [0, 0.1) is 0 Å². The van der Waals surface area contributed by atoms with Crippen LogP contribution in [-0.4, -0.2) is 65.7 Å². The maximum atomic E-state index is 10.2. The average Bonchev–Trinajstić information content (AvgIpc) is 3.28. The molecule has 4 rings (SSSR count). The summed E-state index contributed by atoms with van der Waals surface area (Å²) < 4.78 is 6.97. The Morgan fingerprint density at radius 1 is 1.14 bits per heavy atom. The summed E-state index contributed by atoms with van der Waals surface area (Å²) in [7, 11) is 0. The summed E-state index contributed by atoms with van der Waals surface area (Å²) in [6.07, 6.45) is 2.98. The highest BCUT2D eigenvalue weighted by Crippen LogP contribution is 2.32. The molecule has 1 aliphatic heterocycles. The zero-order valence-electron chi connectivity index (χ0n) is 14.9. The van der Waals surface area contributed by atoms with E-state index < -0.39 is 31.1 Å². The molecule has 146 valence electrons. The highest BCUT2D eigenvalue weighted by molar-refractivity contribution is 7.99. The van der Waals surface area contributed by atoms with E-state index in [0.29, 0.717) is 5.65 Å². The Balaban J connectivity index is 1.52. The Bertz CT molecular complexity index is 965. The number of aliphatic hydroxyl groups is 3. The third kappa shape index (κ3) is 3.67. The summed E-state index contributed by atoms with van der Waals surface area (Å²) in [6.45, 7) is -0.391. The summed E-state index contributed by atoms with van der Waals surface area (Å²) in [4.78, 5) is 8.58. The first-order chi connectivity index (χ1) is 13.7. The second kappa shape index (κ2) is 8.38. The Morgan fingerprint density at radius 2 is 1.96 bits per heavy atom. The number of aromatic nitrogens is 4. The number of rotatable bonds is 6. The lowest BCUT2D eigenvalue weighted by atomic mass is 10.1. The second-order valence-corrected chi connectivity index (χ2v) is 7.37. The summed E-state index contributed by atoms with van der Waals surface area (Å²) in [5.74, 6) is 0.722. The lowest BCUT2D eigenvalue weighted by molar-refractivity contribution is -0.0566. The molecule has 3 aromatic rings. The molecule has 3 N–H and O–H groups in total. The van der Waals surface area contributed by atoms with Crippen molar-refractivity contribution in [3.63, 3.8) is 0 Å². The topological polar surface area (TPSA) is 114 Å². The van der Waals surface area contributed by atoms with Crippen LogP contribution >= 0.6 is 11.8 Å². The van der Waals surface area contributed by atoms with Gasteiger partial charge in [-0.05, 0) is 5.56 Å². The number of thioether (sulfide) groups is 1. The Kier molecular flexibility index (Phi) is 5.69. The van der Waals surface area contributed by atoms with Crippen molar-refractivity contribution in [2.75, 3.05) is 12.4 Å². The molecule has 3 heterocycles. The summed E-state index contributed by atoms with van der Waals surface area (Å²) >= 11 is 1.55. The van der Waals surface area contributed by atoms with Crippen LogP contribution in [-0.2, 0) is 4.74 Å². The molecule has 8 nitrogen and oxygen atoms in total. The standard InChI is InChI=1S/C19H20N4O4S/c24-10-14-15(25)16(26)19(27-14)23-17-13(9-22-23)18(21-11-20-17)28-8-4-7-12-5-2-1-3-6-12/h1-7,9,11,14-16,19,24-26H,8,10H2/b7-4-/t14-,15-,16-,19?/m1/s1. The first kappa shape index (κ1) is 19.0. The molecule has 1 aliphatic rings. The van der Waals surface area contributed by atoms with Gasteiger partial charge in [0.05, 0.1) is 18.2 Å². The van der Waals surface area contributed by atoms with Crippen LogP contribution in [0.15, 0.2) is 54.0 Å². The van der Waals surface area contributed by atoms with Crippen LogP contribution in [0.1, 0.15) is 11.8 Å². The van der Waals surface area contributed by atoms with E-state index in [1.165, 1.54) is 11.0 Å². The first-order valence-corrected chi connectivity index (χ1v) is 9.82. The van der Waals surface area contributed by atoms with Gasteiger partial charge in [0.25, 0.3) is 0 Å². The number of hydrogen-bond acceptors (Lipinski definition) is 8. The van der Waals surface area contributed by atoms with Crippen LogP contribution < -0.4 is 0 Å². The Hall–Kier alpha value is -2.30. The fourth-order valence-electron chi connectivity index (χ4n) is 3.10. The maximum Gasteiger partial charge on any atom is 0.181 e. The molecule has 0 radical (unpaired) electrons. The molecule has 1 saturated heterocycles. The van der Waals surface area contributed by atoms with Crippen molar-refractivity contribution in [2.24, 2.45) is 0 Å². The number of aliphatic hydroxyl groups excluding tert-OH is 3. The number of hydrogen-bond donors (Lipinski definition) is 3. The van der Waals surface area contributed by atoms with Crippen molar-refractivity contribution in [1.29, 1.82) is 0 Å². The third-order valence-electron chi connectivity index (χ3n) is 4.54. The van der Waals surface area contributed by atoms with Crippen molar-refractivity contribution in [2.45, 2.75) is 29.6 Å². The molecule has 2 aromatic heterocycles. The van der Waals surface area contributed by atoms with E-state index in [9.17, 15) is 15.3 Å². The van der Waals surface area contributed by atoms with Crippen LogP contribution in [0.2, 0.25) is 0 Å². The summed E-state index contributed by atoms with van der Waals surface area (Å²) in [5.41, 5.74) is 1.63. The van der Waals surface area contributed by atoms with E-state index in [1.807, 2.05) is 36.4 Å². The van der Waals surface area contributed by atoms with E-state index >= 15 is 0 Å². The smallest absolute Gasteiger partial charge is 0.181 e. The zero-order valence-corrected chi connectivity index (χ0v) is 15.7. The molecule has 9 heteroatoms. The van der Waals surface area contributed by atoms with Gasteiger partial charge in [0.15, 0.2) is 11.9 Å². The molecular formula is C19H20N4O4S. The lowest BCUT2D eigenvalue weighted by Gasteiger charge is -2.15. The van der Waals surface area contributed by atoms with Gasteiger partial charge in [0.2, 0.25) is 0 Å². The monoisotopic (exact) mass is 400 g/mol. The summed E-state index contributed by atoms with van der Waals surface area (Å²) in [6, 6.07) is 10.0. The van der Waals surface area contributed by atoms with Gasteiger partial charge in [-0.15, -0.1) is 11.8 Å². The van der Waals surface area contributed by atoms with Crippen molar-refractivity contribution in [3.8, 4) is 0 Å². The molecule has 1 fully saturated rings. The van der Waals surface area contributed by atoms with Gasteiger partial charge < -0.3 is 20.1 Å². The molecule has 1 aromatic carbocycles. The van der Waals surface area contributed by atoms with Gasteiger partial charge in [0, 0.05) is 5.75 Å². The number of nitrogens with zero attached hydrogens (tertiary/aromatic N) is 4. The SMILES string of the molecule is OC[C@H]1OC(n2ncc3c(SC/C=C\c4ccccc4)ncnc32)[C@H](O)[C@@H]1O. The highest BCUT2D eigenvalue weighted by atomic mass is 32.2. The quantitative estimate of drug-likeness (QED) is 0.418. The molecule has 0 spiro atoms. The molecule has 0 saturated carbocycles. The Labute approximate surface area is 165 Å². The molecule has 0 bridgehead atoms. The minimum absolute atomic E-state index is 0.391. The number of fused-ring (bicyclic) bond motifs is 1. The van der Waals surface area contributed by atoms with Gasteiger partial charge >= 0.3 is 0 Å². The van der Waals surface area contributed by atoms with E-state index in [1.54, 1.807) is 18.0 Å². The lowest BCUT2D eigenvalue weighted by Crippen LogP contribution is -2.33. The van der Waals surface area contributed by atoms with Gasteiger partial charge in [-0.3, -0.25) is 0 Å². The van der Waals surface area contributed by atoms with E-state index in [0.717, 1.165) is 21.7 Å². The second-order valence-electron chi connectivity index (χ2n) is 6.36. The molecule has 0 amide bonds. The minimum atomic E-state index is -1.21. The van der Waals surface area contributed by atoms with Crippen molar-refractivity contribution in [1.82, 2.24) is 19.7 Å². The van der Waals surface area contributed by atoms with Crippen molar-refractivity contribution in [3.05, 3.63) is 54.5 Å². The van der Waals surface area contributed by atoms with Gasteiger partial charge in [-0.1, -0.05) is 42.5 Å². The fraction of sp³-hybridized carbons (Fsp3) is 0.316. The molecule has 4 atom stereocenters. The molecular weight excluding hydrogens is 380 g/mol. The normalized spacial score (nSPS) is 25.1. The van der Waals surface area contributed by atoms with Gasteiger partial charge in [0.1, 0.15) is 29.7 Å². The van der Waals surface area contributed by atoms with E-state index in [2.05, 4.69) is 21.1 Å². The van der Waals surface area contributed by atoms with E-state index in [-0.39, 0.29) is 0 Å². The van der Waals surface area contributed by atoms with Crippen LogP contribution in [0.5, 0.6) is 0 Å². The van der Waals surface area contributed by atoms with Gasteiger partial charge in [-0.25, -0.2) is 14.6 Å².